The van der Waals surface area contributed by atoms with Crippen LogP contribution in [0.25, 0.3) is 0 Å². The number of anilines is 1. The fraction of sp³-hybridized carbons (Fsp3) is 0.471. The molecule has 0 aromatic heterocycles. The lowest BCUT2D eigenvalue weighted by molar-refractivity contribution is -0.130. The first-order valence-electron chi connectivity index (χ1n) is 7.97. The van der Waals surface area contributed by atoms with Crippen LogP contribution < -0.4 is 21.1 Å². The lowest BCUT2D eigenvalue weighted by atomic mass is 10.1. The van der Waals surface area contributed by atoms with Crippen LogP contribution in [0.1, 0.15) is 13.8 Å². The van der Waals surface area contributed by atoms with Crippen molar-refractivity contribution in [1.29, 1.82) is 0 Å². The Labute approximate surface area is 147 Å². The molecule has 8 nitrogen and oxygen atoms in total. The summed E-state index contributed by atoms with van der Waals surface area (Å²) in [5.74, 6) is -0.477. The monoisotopic (exact) mass is 350 g/mol. The molecule has 1 atom stereocenters. The fourth-order valence-electron chi connectivity index (χ4n) is 1.73. The van der Waals surface area contributed by atoms with E-state index < -0.39 is 6.04 Å². The van der Waals surface area contributed by atoms with Gasteiger partial charge in [0.05, 0.1) is 12.6 Å². The van der Waals surface area contributed by atoms with E-state index in [9.17, 15) is 14.4 Å². The number of nitrogens with one attached hydrogen (secondary N) is 2. The smallest absolute Gasteiger partial charge is 0.259 e. The number of nitrogens with zero attached hydrogens (tertiary/aromatic N) is 1. The summed E-state index contributed by atoms with van der Waals surface area (Å²) in [6, 6.07) is 6.00. The molecule has 25 heavy (non-hydrogen) atoms. The molecule has 0 aliphatic carbocycles. The van der Waals surface area contributed by atoms with Crippen LogP contribution in [-0.2, 0) is 14.4 Å². The number of benzene rings is 1. The van der Waals surface area contributed by atoms with E-state index in [2.05, 4.69) is 10.6 Å². The zero-order chi connectivity index (χ0) is 19.0. The van der Waals surface area contributed by atoms with Crippen molar-refractivity contribution >= 4 is 23.4 Å². The van der Waals surface area contributed by atoms with Gasteiger partial charge in [-0.2, -0.15) is 0 Å². The Hall–Kier alpha value is -2.61. The number of likely N-dealkylation sites (N-methyl/N-ethyl adjacent to an activating group) is 1. The molecule has 1 rings (SSSR count). The first kappa shape index (κ1) is 20.4. The van der Waals surface area contributed by atoms with Crippen molar-refractivity contribution in [2.45, 2.75) is 19.9 Å². The summed E-state index contributed by atoms with van der Waals surface area (Å²) in [4.78, 5) is 36.6. The molecule has 3 amide bonds. The molecule has 0 radical (unpaired) electrons. The molecule has 0 aliphatic rings. The number of carbonyl (C=O) groups is 3. The number of rotatable bonds is 8. The summed E-state index contributed by atoms with van der Waals surface area (Å²) in [7, 11) is 3.28. The Morgan fingerprint density at radius 2 is 1.92 bits per heavy atom. The first-order valence-corrected chi connectivity index (χ1v) is 7.97. The molecule has 8 heteroatoms. The molecular formula is C17H26N4O4. The van der Waals surface area contributed by atoms with Crippen molar-refractivity contribution in [2.24, 2.45) is 11.7 Å². The molecule has 0 fully saturated rings. The highest BCUT2D eigenvalue weighted by molar-refractivity contribution is 5.95. The number of amides is 3. The third kappa shape index (κ3) is 7.21. The zero-order valence-electron chi connectivity index (χ0n) is 15.0. The molecule has 0 bridgehead atoms. The highest BCUT2D eigenvalue weighted by Crippen LogP contribution is 2.17. The number of nitrogens with two attached hydrogens (primary N) is 1. The summed E-state index contributed by atoms with van der Waals surface area (Å²) in [5.41, 5.74) is 6.21. The normalized spacial score (nSPS) is 11.6. The predicted octanol–water partition coefficient (Wildman–Crippen LogP) is 0.192. The van der Waals surface area contributed by atoms with Crippen molar-refractivity contribution in [3.63, 3.8) is 0 Å². The Morgan fingerprint density at radius 3 is 2.52 bits per heavy atom. The van der Waals surface area contributed by atoms with E-state index in [0.29, 0.717) is 11.4 Å². The molecular weight excluding hydrogens is 324 g/mol. The summed E-state index contributed by atoms with van der Waals surface area (Å²) in [6.45, 7) is 3.39. The van der Waals surface area contributed by atoms with Crippen LogP contribution >= 0.6 is 0 Å². The minimum atomic E-state index is -0.654. The third-order valence-corrected chi connectivity index (χ3v) is 3.42. The molecule has 138 valence electrons. The molecule has 0 unspecified atom stereocenters. The summed E-state index contributed by atoms with van der Waals surface area (Å²) >= 11 is 0. The molecule has 4 N–H and O–H groups in total. The third-order valence-electron chi connectivity index (χ3n) is 3.42. The Bertz CT molecular complexity index is 616. The van der Waals surface area contributed by atoms with Gasteiger partial charge in [-0.1, -0.05) is 19.9 Å². The number of hydrogen-bond donors (Lipinski definition) is 3. The molecule has 0 spiro atoms. The second kappa shape index (κ2) is 9.63. The van der Waals surface area contributed by atoms with Gasteiger partial charge in [-0.25, -0.2) is 0 Å². The standard InChI is InChI=1S/C17H26N4O4/c1-11(2)16(18)17(24)19-9-14(22)20-12-6-5-7-13(8-12)25-10-15(23)21(3)4/h5-8,11,16H,9-10,18H2,1-4H3,(H,19,24)(H,20,22)/t16-/m0/s1. The van der Waals surface area contributed by atoms with Crippen molar-refractivity contribution in [2.75, 3.05) is 32.6 Å². The van der Waals surface area contributed by atoms with Gasteiger partial charge in [0.25, 0.3) is 5.91 Å². The minimum absolute atomic E-state index is 0.0123. The molecule has 0 saturated heterocycles. The SMILES string of the molecule is CC(C)[C@H](N)C(=O)NCC(=O)Nc1cccc(OCC(=O)N(C)C)c1. The maximum atomic E-state index is 11.9. The first-order chi connectivity index (χ1) is 11.7. The fourth-order valence-corrected chi connectivity index (χ4v) is 1.73. The van der Waals surface area contributed by atoms with Crippen LogP contribution in [0.3, 0.4) is 0 Å². The molecule has 1 aromatic carbocycles. The molecule has 0 aliphatic heterocycles. The van der Waals surface area contributed by atoms with Crippen molar-refractivity contribution < 1.29 is 19.1 Å². The summed E-state index contributed by atoms with van der Waals surface area (Å²) in [5, 5.41) is 5.14. The number of ether oxygens (including phenoxy) is 1. The average molecular weight is 350 g/mol. The second-order valence-corrected chi connectivity index (χ2v) is 6.14. The number of carbonyl (C=O) groups excluding carboxylic acids is 3. The van der Waals surface area contributed by atoms with Crippen LogP contribution in [0.4, 0.5) is 5.69 Å². The maximum Gasteiger partial charge on any atom is 0.259 e. The van der Waals surface area contributed by atoms with Crippen LogP contribution in [0.5, 0.6) is 5.75 Å². The summed E-state index contributed by atoms with van der Waals surface area (Å²) < 4.78 is 5.38. The van der Waals surface area contributed by atoms with Gasteiger partial charge >= 0.3 is 0 Å². The van der Waals surface area contributed by atoms with Crippen molar-refractivity contribution in [3.05, 3.63) is 24.3 Å². The van der Waals surface area contributed by atoms with E-state index in [-0.39, 0.29) is 36.8 Å². The lowest BCUT2D eigenvalue weighted by Crippen LogP contribution is -2.46. The van der Waals surface area contributed by atoms with Gasteiger partial charge in [0, 0.05) is 25.8 Å². The van der Waals surface area contributed by atoms with Gasteiger partial charge in [0.1, 0.15) is 5.75 Å². The van der Waals surface area contributed by atoms with E-state index in [1.54, 1.807) is 38.4 Å². The average Bonchev–Trinajstić information content (AvgIpc) is 2.56. The van der Waals surface area contributed by atoms with Gasteiger partial charge in [-0.05, 0) is 18.1 Å². The van der Waals surface area contributed by atoms with Gasteiger partial charge in [0.2, 0.25) is 11.8 Å². The van der Waals surface area contributed by atoms with E-state index in [1.807, 2.05) is 13.8 Å². The van der Waals surface area contributed by atoms with Gasteiger partial charge in [-0.3, -0.25) is 14.4 Å². The lowest BCUT2D eigenvalue weighted by Gasteiger charge is -2.15. The Kier molecular flexibility index (Phi) is 7.87. The predicted molar refractivity (Wildman–Crippen MR) is 95.1 cm³/mol. The van der Waals surface area contributed by atoms with Gasteiger partial charge in [-0.15, -0.1) is 0 Å². The van der Waals surface area contributed by atoms with E-state index >= 15 is 0 Å². The maximum absolute atomic E-state index is 11.9. The van der Waals surface area contributed by atoms with Crippen LogP contribution in [-0.4, -0.2) is 55.9 Å². The van der Waals surface area contributed by atoms with Crippen LogP contribution in [0, 0.1) is 5.92 Å². The van der Waals surface area contributed by atoms with Gasteiger partial charge < -0.3 is 26.0 Å². The van der Waals surface area contributed by atoms with E-state index in [1.165, 1.54) is 4.90 Å². The van der Waals surface area contributed by atoms with Crippen molar-refractivity contribution in [3.8, 4) is 5.75 Å². The molecule has 0 saturated carbocycles. The van der Waals surface area contributed by atoms with E-state index in [4.69, 9.17) is 10.5 Å². The highest BCUT2D eigenvalue weighted by atomic mass is 16.5. The summed E-state index contributed by atoms with van der Waals surface area (Å²) in [6.07, 6.45) is 0. The van der Waals surface area contributed by atoms with Crippen molar-refractivity contribution in [1.82, 2.24) is 10.2 Å². The number of hydrogen-bond acceptors (Lipinski definition) is 5. The molecule has 1 aromatic rings. The quantitative estimate of drug-likeness (QED) is 0.619. The van der Waals surface area contributed by atoms with E-state index in [0.717, 1.165) is 0 Å². The van der Waals surface area contributed by atoms with Gasteiger partial charge in [0.15, 0.2) is 6.61 Å². The zero-order valence-corrected chi connectivity index (χ0v) is 15.0. The Balaban J connectivity index is 2.51. The Morgan fingerprint density at radius 1 is 1.24 bits per heavy atom. The minimum Gasteiger partial charge on any atom is -0.484 e. The molecule has 0 heterocycles. The van der Waals surface area contributed by atoms with Crippen LogP contribution in [0.15, 0.2) is 24.3 Å². The largest absolute Gasteiger partial charge is 0.484 e. The van der Waals surface area contributed by atoms with Crippen LogP contribution in [0.2, 0.25) is 0 Å². The second-order valence-electron chi connectivity index (χ2n) is 6.14. The topological polar surface area (TPSA) is 114 Å². The highest BCUT2D eigenvalue weighted by Gasteiger charge is 2.17.